The fraction of sp³-hybridized carbons (Fsp3) is 0.533. The third-order valence-electron chi connectivity index (χ3n) is 4.22. The van der Waals surface area contributed by atoms with E-state index in [0.717, 1.165) is 31.2 Å². The van der Waals surface area contributed by atoms with E-state index in [1.807, 2.05) is 16.8 Å². The number of hydrogen-bond acceptors (Lipinski definition) is 6. The van der Waals surface area contributed by atoms with Gasteiger partial charge >= 0.3 is 0 Å². The molecule has 0 spiro atoms. The molecule has 1 saturated carbocycles. The van der Waals surface area contributed by atoms with Crippen molar-refractivity contribution in [3.63, 3.8) is 0 Å². The average Bonchev–Trinajstić information content (AvgIpc) is 3.15. The molecular weight excluding hydrogens is 302 g/mol. The molecule has 0 atom stereocenters. The van der Waals surface area contributed by atoms with Gasteiger partial charge in [0.25, 0.3) is 5.89 Å². The molecule has 1 N–H and O–H groups in total. The van der Waals surface area contributed by atoms with E-state index in [9.17, 15) is 4.79 Å². The highest BCUT2D eigenvalue weighted by atomic mass is 32.1. The number of nitrogens with one attached hydrogen (secondary N) is 1. The summed E-state index contributed by atoms with van der Waals surface area (Å²) in [6.07, 6.45) is 3.71. The molecule has 1 amide bonds. The van der Waals surface area contributed by atoms with Crippen LogP contribution in [0.1, 0.15) is 31.5 Å². The molecule has 2 aromatic heterocycles. The van der Waals surface area contributed by atoms with Crippen molar-refractivity contribution >= 4 is 17.2 Å². The Morgan fingerprint density at radius 1 is 1.55 bits per heavy atom. The van der Waals surface area contributed by atoms with Gasteiger partial charge in [0.05, 0.1) is 17.5 Å². The number of carbonyl (C=O) groups is 1. The number of aromatic nitrogens is 2. The minimum atomic E-state index is -0.268. The summed E-state index contributed by atoms with van der Waals surface area (Å²) >= 11 is 1.57. The second kappa shape index (κ2) is 6.58. The Kier molecular flexibility index (Phi) is 4.54. The lowest BCUT2D eigenvalue weighted by molar-refractivity contribution is -0.137. The SMILES string of the molecule is COCCC1(C(=O)NCc2noc(-c3ccsc3)n2)CCC1. The molecule has 0 aromatic carbocycles. The first-order valence-corrected chi connectivity index (χ1v) is 8.30. The number of carbonyl (C=O) groups excluding carboxylic acids is 1. The second-order valence-corrected chi connectivity index (χ2v) is 6.37. The van der Waals surface area contributed by atoms with E-state index in [2.05, 4.69) is 15.5 Å². The molecule has 1 fully saturated rings. The van der Waals surface area contributed by atoms with Crippen LogP contribution in [0.4, 0.5) is 0 Å². The highest BCUT2D eigenvalue weighted by Gasteiger charge is 2.43. The Morgan fingerprint density at radius 2 is 2.41 bits per heavy atom. The van der Waals surface area contributed by atoms with E-state index in [1.54, 1.807) is 18.4 Å². The molecule has 3 rings (SSSR count). The number of ether oxygens (including phenoxy) is 1. The predicted octanol–water partition coefficient (Wildman–Crippen LogP) is 2.62. The minimum absolute atomic E-state index is 0.0673. The minimum Gasteiger partial charge on any atom is -0.385 e. The zero-order valence-corrected chi connectivity index (χ0v) is 13.3. The maximum Gasteiger partial charge on any atom is 0.258 e. The zero-order chi connectivity index (χ0) is 15.4. The van der Waals surface area contributed by atoms with E-state index in [4.69, 9.17) is 9.26 Å². The molecule has 0 saturated heterocycles. The summed E-state index contributed by atoms with van der Waals surface area (Å²) in [5, 5.41) is 10.7. The fourth-order valence-corrected chi connectivity index (χ4v) is 3.30. The Balaban J connectivity index is 1.57. The molecule has 7 heteroatoms. The van der Waals surface area contributed by atoms with Crippen molar-refractivity contribution in [2.45, 2.75) is 32.2 Å². The second-order valence-electron chi connectivity index (χ2n) is 5.59. The molecular formula is C15H19N3O3S. The molecule has 0 unspecified atom stereocenters. The fourth-order valence-electron chi connectivity index (χ4n) is 2.67. The summed E-state index contributed by atoms with van der Waals surface area (Å²) in [7, 11) is 1.66. The van der Waals surface area contributed by atoms with Crippen molar-refractivity contribution in [1.82, 2.24) is 15.5 Å². The molecule has 0 aliphatic heterocycles. The van der Waals surface area contributed by atoms with Crippen molar-refractivity contribution < 1.29 is 14.1 Å². The van der Waals surface area contributed by atoms with Crippen molar-refractivity contribution in [1.29, 1.82) is 0 Å². The maximum absolute atomic E-state index is 12.4. The standard InChI is InChI=1S/C15H19N3O3S/c1-20-7-6-15(4-2-5-15)14(19)16-9-12-17-13(21-18-12)11-3-8-22-10-11/h3,8,10H,2,4-7,9H2,1H3,(H,16,19). The van der Waals surface area contributed by atoms with Crippen molar-refractivity contribution in [3.8, 4) is 11.5 Å². The highest BCUT2D eigenvalue weighted by molar-refractivity contribution is 7.08. The summed E-state index contributed by atoms with van der Waals surface area (Å²) in [6, 6.07) is 1.93. The van der Waals surface area contributed by atoms with Crippen LogP contribution in [0.15, 0.2) is 21.3 Å². The van der Waals surface area contributed by atoms with Gasteiger partial charge in [0, 0.05) is 19.1 Å². The first-order valence-electron chi connectivity index (χ1n) is 7.36. The van der Waals surface area contributed by atoms with Crippen molar-refractivity contribution in [2.24, 2.45) is 5.41 Å². The van der Waals surface area contributed by atoms with Crippen LogP contribution in [0.2, 0.25) is 0 Å². The molecule has 2 aromatic rings. The molecule has 118 valence electrons. The molecule has 0 bridgehead atoms. The zero-order valence-electron chi connectivity index (χ0n) is 12.5. The largest absolute Gasteiger partial charge is 0.385 e. The molecule has 22 heavy (non-hydrogen) atoms. The topological polar surface area (TPSA) is 77.2 Å². The van der Waals surface area contributed by atoms with Crippen LogP contribution in [-0.4, -0.2) is 29.8 Å². The summed E-state index contributed by atoms with van der Waals surface area (Å²) in [5.74, 6) is 1.05. The summed E-state index contributed by atoms with van der Waals surface area (Å²) < 4.78 is 10.3. The molecule has 6 nitrogen and oxygen atoms in total. The summed E-state index contributed by atoms with van der Waals surface area (Å²) in [5.41, 5.74) is 0.640. The van der Waals surface area contributed by atoms with Crippen LogP contribution in [-0.2, 0) is 16.1 Å². The summed E-state index contributed by atoms with van der Waals surface area (Å²) in [6.45, 7) is 0.902. The van der Waals surface area contributed by atoms with Gasteiger partial charge in [-0.1, -0.05) is 11.6 Å². The van der Waals surface area contributed by atoms with Gasteiger partial charge in [-0.15, -0.1) is 0 Å². The van der Waals surface area contributed by atoms with Crippen LogP contribution in [0, 0.1) is 5.41 Å². The third kappa shape index (κ3) is 3.05. The molecule has 1 aliphatic carbocycles. The number of hydrogen-bond donors (Lipinski definition) is 1. The van der Waals surface area contributed by atoms with Gasteiger partial charge in [-0.25, -0.2) is 0 Å². The van der Waals surface area contributed by atoms with E-state index in [-0.39, 0.29) is 11.3 Å². The van der Waals surface area contributed by atoms with Gasteiger partial charge in [-0.3, -0.25) is 4.79 Å². The normalized spacial score (nSPS) is 16.2. The number of thiophene rings is 1. The van der Waals surface area contributed by atoms with Gasteiger partial charge in [-0.05, 0) is 30.7 Å². The number of rotatable bonds is 7. The van der Waals surface area contributed by atoms with E-state index < -0.39 is 0 Å². The summed E-state index contributed by atoms with van der Waals surface area (Å²) in [4.78, 5) is 16.7. The predicted molar refractivity (Wildman–Crippen MR) is 82.2 cm³/mol. The molecule has 0 radical (unpaired) electrons. The number of nitrogens with zero attached hydrogens (tertiary/aromatic N) is 2. The molecule has 1 aliphatic rings. The number of methoxy groups -OCH3 is 1. The van der Waals surface area contributed by atoms with Gasteiger partial charge < -0.3 is 14.6 Å². The van der Waals surface area contributed by atoms with Crippen LogP contribution < -0.4 is 5.32 Å². The van der Waals surface area contributed by atoms with E-state index in [1.165, 1.54) is 0 Å². The first-order chi connectivity index (χ1) is 10.7. The van der Waals surface area contributed by atoms with Crippen LogP contribution in [0.3, 0.4) is 0 Å². The smallest absolute Gasteiger partial charge is 0.258 e. The average molecular weight is 321 g/mol. The van der Waals surface area contributed by atoms with Gasteiger partial charge in [-0.2, -0.15) is 16.3 Å². The highest BCUT2D eigenvalue weighted by Crippen LogP contribution is 2.44. The third-order valence-corrected chi connectivity index (χ3v) is 4.90. The van der Waals surface area contributed by atoms with Crippen LogP contribution in [0.5, 0.6) is 0 Å². The lowest BCUT2D eigenvalue weighted by Crippen LogP contribution is -2.46. The van der Waals surface area contributed by atoms with Crippen LogP contribution in [0.25, 0.3) is 11.5 Å². The van der Waals surface area contributed by atoms with Gasteiger partial charge in [0.2, 0.25) is 5.91 Å². The Hall–Kier alpha value is -1.73. The Morgan fingerprint density at radius 3 is 3.05 bits per heavy atom. The molecule has 2 heterocycles. The van der Waals surface area contributed by atoms with Crippen molar-refractivity contribution in [2.75, 3.05) is 13.7 Å². The van der Waals surface area contributed by atoms with Crippen molar-refractivity contribution in [3.05, 3.63) is 22.7 Å². The Bertz CT molecular complexity index is 620. The first kappa shape index (κ1) is 15.2. The van der Waals surface area contributed by atoms with Crippen LogP contribution >= 0.6 is 11.3 Å². The lowest BCUT2D eigenvalue weighted by atomic mass is 9.66. The maximum atomic E-state index is 12.4. The monoisotopic (exact) mass is 321 g/mol. The van der Waals surface area contributed by atoms with E-state index >= 15 is 0 Å². The lowest BCUT2D eigenvalue weighted by Gasteiger charge is -2.40. The Labute approximate surface area is 132 Å². The quantitative estimate of drug-likeness (QED) is 0.848. The van der Waals surface area contributed by atoms with E-state index in [0.29, 0.717) is 24.9 Å². The number of amides is 1. The van der Waals surface area contributed by atoms with Gasteiger partial charge in [0.15, 0.2) is 5.82 Å². The van der Waals surface area contributed by atoms with Gasteiger partial charge in [0.1, 0.15) is 0 Å².